The Bertz CT molecular complexity index is 879. The van der Waals surface area contributed by atoms with E-state index in [0.717, 1.165) is 11.3 Å². The maximum atomic E-state index is 13.0. The number of amides is 1. The van der Waals surface area contributed by atoms with Gasteiger partial charge in [-0.05, 0) is 43.3 Å². The first-order chi connectivity index (χ1) is 11.7. The van der Waals surface area contributed by atoms with E-state index >= 15 is 0 Å². The molecule has 0 spiro atoms. The molecule has 0 fully saturated rings. The lowest BCUT2D eigenvalue weighted by Gasteiger charge is -2.20. The minimum Gasteiger partial charge on any atom is -0.467 e. The molecular formula is C19H16N2O3. The third-order valence-corrected chi connectivity index (χ3v) is 4.06. The lowest BCUT2D eigenvalue weighted by molar-refractivity contribution is 0.0692. The van der Waals surface area contributed by atoms with Crippen molar-refractivity contribution in [3.05, 3.63) is 83.7 Å². The van der Waals surface area contributed by atoms with Gasteiger partial charge < -0.3 is 8.83 Å². The Balaban J connectivity index is 1.72. The molecule has 1 aliphatic rings. The van der Waals surface area contributed by atoms with Crippen LogP contribution in [0.15, 0.2) is 75.0 Å². The van der Waals surface area contributed by atoms with Crippen LogP contribution in [-0.2, 0) is 0 Å². The Kier molecular flexibility index (Phi) is 3.54. The van der Waals surface area contributed by atoms with Crippen LogP contribution in [0.2, 0.25) is 0 Å². The second kappa shape index (κ2) is 5.85. The molecule has 0 N–H and O–H groups in total. The van der Waals surface area contributed by atoms with Gasteiger partial charge in [0, 0.05) is 12.0 Å². The SMILES string of the molecule is Cc1cccc(C(=O)N2N=C(c3ccco3)C[C@@H]2c2ccco2)c1. The summed E-state index contributed by atoms with van der Waals surface area (Å²) in [5.41, 5.74) is 2.38. The minimum absolute atomic E-state index is 0.151. The van der Waals surface area contributed by atoms with Crippen molar-refractivity contribution in [2.45, 2.75) is 19.4 Å². The van der Waals surface area contributed by atoms with Crippen LogP contribution in [0.25, 0.3) is 0 Å². The molecule has 1 aromatic carbocycles. The van der Waals surface area contributed by atoms with Crippen molar-refractivity contribution >= 4 is 11.6 Å². The van der Waals surface area contributed by atoms with E-state index in [-0.39, 0.29) is 11.9 Å². The molecule has 5 heteroatoms. The van der Waals surface area contributed by atoms with Gasteiger partial charge in [-0.15, -0.1) is 0 Å². The van der Waals surface area contributed by atoms with Crippen molar-refractivity contribution in [3.63, 3.8) is 0 Å². The maximum absolute atomic E-state index is 13.0. The normalized spacial score (nSPS) is 17.1. The molecule has 0 saturated heterocycles. The number of hydrogen-bond acceptors (Lipinski definition) is 4. The van der Waals surface area contributed by atoms with Gasteiger partial charge in [-0.2, -0.15) is 5.10 Å². The van der Waals surface area contributed by atoms with Gasteiger partial charge >= 0.3 is 0 Å². The second-order valence-corrected chi connectivity index (χ2v) is 5.78. The van der Waals surface area contributed by atoms with E-state index < -0.39 is 0 Å². The first-order valence-corrected chi connectivity index (χ1v) is 7.77. The van der Waals surface area contributed by atoms with Gasteiger partial charge in [0.15, 0.2) is 0 Å². The number of hydrogen-bond donors (Lipinski definition) is 0. The Hall–Kier alpha value is -3.08. The third-order valence-electron chi connectivity index (χ3n) is 4.06. The zero-order chi connectivity index (χ0) is 16.5. The third kappa shape index (κ3) is 2.54. The van der Waals surface area contributed by atoms with Crippen molar-refractivity contribution in [1.29, 1.82) is 0 Å². The number of benzene rings is 1. The fraction of sp³-hybridized carbons (Fsp3) is 0.158. The van der Waals surface area contributed by atoms with Crippen LogP contribution in [0.5, 0.6) is 0 Å². The average molecular weight is 320 g/mol. The van der Waals surface area contributed by atoms with Crippen LogP contribution in [0.4, 0.5) is 0 Å². The van der Waals surface area contributed by atoms with Crippen molar-refractivity contribution in [2.24, 2.45) is 5.10 Å². The topological polar surface area (TPSA) is 59.0 Å². The number of furan rings is 2. The predicted molar refractivity (Wildman–Crippen MR) is 88.7 cm³/mol. The fourth-order valence-electron chi connectivity index (χ4n) is 2.90. The Labute approximate surface area is 139 Å². The number of hydrazone groups is 1. The highest BCUT2D eigenvalue weighted by Crippen LogP contribution is 2.34. The summed E-state index contributed by atoms with van der Waals surface area (Å²) in [6.45, 7) is 1.96. The van der Waals surface area contributed by atoms with E-state index in [1.807, 2.05) is 49.4 Å². The minimum atomic E-state index is -0.270. The van der Waals surface area contributed by atoms with Crippen LogP contribution in [0, 0.1) is 6.92 Å². The van der Waals surface area contributed by atoms with Crippen molar-refractivity contribution in [2.75, 3.05) is 0 Å². The van der Waals surface area contributed by atoms with Gasteiger partial charge in [-0.1, -0.05) is 17.7 Å². The van der Waals surface area contributed by atoms with Crippen LogP contribution in [0.1, 0.15) is 39.9 Å². The summed E-state index contributed by atoms with van der Waals surface area (Å²) in [6, 6.07) is 14.6. The lowest BCUT2D eigenvalue weighted by Crippen LogP contribution is -2.26. The van der Waals surface area contributed by atoms with Gasteiger partial charge in [-0.25, -0.2) is 5.01 Å². The van der Waals surface area contributed by atoms with Crippen molar-refractivity contribution < 1.29 is 13.6 Å². The highest BCUT2D eigenvalue weighted by Gasteiger charge is 2.36. The maximum Gasteiger partial charge on any atom is 0.274 e. The molecule has 120 valence electrons. The summed E-state index contributed by atoms with van der Waals surface area (Å²) < 4.78 is 11.0. The first kappa shape index (κ1) is 14.5. The number of rotatable bonds is 3. The van der Waals surface area contributed by atoms with Crippen molar-refractivity contribution in [3.8, 4) is 0 Å². The molecule has 0 saturated carbocycles. The molecule has 5 nitrogen and oxygen atoms in total. The molecule has 0 unspecified atom stereocenters. The second-order valence-electron chi connectivity index (χ2n) is 5.78. The van der Waals surface area contributed by atoms with Gasteiger partial charge in [0.05, 0.1) is 12.5 Å². The summed E-state index contributed by atoms with van der Waals surface area (Å²) in [6.07, 6.45) is 3.76. The molecule has 0 aliphatic carbocycles. The smallest absolute Gasteiger partial charge is 0.274 e. The summed E-state index contributed by atoms with van der Waals surface area (Å²) >= 11 is 0. The molecule has 0 bridgehead atoms. The van der Waals surface area contributed by atoms with Crippen molar-refractivity contribution in [1.82, 2.24) is 5.01 Å². The van der Waals surface area contributed by atoms with Gasteiger partial charge in [0.1, 0.15) is 23.3 Å². The Morgan fingerprint density at radius 2 is 1.96 bits per heavy atom. The van der Waals surface area contributed by atoms with E-state index in [2.05, 4.69) is 5.10 Å². The lowest BCUT2D eigenvalue weighted by atomic mass is 10.1. The largest absolute Gasteiger partial charge is 0.467 e. The molecule has 24 heavy (non-hydrogen) atoms. The number of aryl methyl sites for hydroxylation is 1. The van der Waals surface area contributed by atoms with E-state index in [1.165, 1.54) is 5.01 Å². The molecule has 1 amide bonds. The van der Waals surface area contributed by atoms with Gasteiger partial charge in [-0.3, -0.25) is 4.79 Å². The van der Waals surface area contributed by atoms with Gasteiger partial charge in [0.2, 0.25) is 0 Å². The summed E-state index contributed by atoms with van der Waals surface area (Å²) in [7, 11) is 0. The average Bonchev–Trinajstić information content (AvgIpc) is 3.32. The molecule has 3 heterocycles. The monoisotopic (exact) mass is 320 g/mol. The highest BCUT2D eigenvalue weighted by molar-refractivity contribution is 6.03. The number of nitrogens with zero attached hydrogens (tertiary/aromatic N) is 2. The van der Waals surface area contributed by atoms with Gasteiger partial charge in [0.25, 0.3) is 5.91 Å². The summed E-state index contributed by atoms with van der Waals surface area (Å²) in [5, 5.41) is 6.01. The van der Waals surface area contributed by atoms with E-state index in [0.29, 0.717) is 23.5 Å². The van der Waals surface area contributed by atoms with E-state index in [9.17, 15) is 4.79 Å². The molecule has 1 atom stereocenters. The number of carbonyl (C=O) groups excluding carboxylic acids is 1. The summed E-state index contributed by atoms with van der Waals surface area (Å²) in [4.78, 5) is 13.0. The molecule has 2 aromatic heterocycles. The summed E-state index contributed by atoms with van der Waals surface area (Å²) in [5.74, 6) is 1.23. The number of carbonyl (C=O) groups is 1. The molecular weight excluding hydrogens is 304 g/mol. The molecule has 4 rings (SSSR count). The Morgan fingerprint density at radius 1 is 1.12 bits per heavy atom. The Morgan fingerprint density at radius 3 is 2.67 bits per heavy atom. The first-order valence-electron chi connectivity index (χ1n) is 7.77. The zero-order valence-electron chi connectivity index (χ0n) is 13.2. The van der Waals surface area contributed by atoms with E-state index in [1.54, 1.807) is 18.6 Å². The predicted octanol–water partition coefficient (Wildman–Crippen LogP) is 4.17. The van der Waals surface area contributed by atoms with Crippen LogP contribution < -0.4 is 0 Å². The molecule has 3 aromatic rings. The standard InChI is InChI=1S/C19H16N2O3/c1-13-5-2-6-14(11-13)19(22)21-16(18-8-4-10-24-18)12-15(20-21)17-7-3-9-23-17/h2-11,16H,12H2,1H3/t16-/m1/s1. The van der Waals surface area contributed by atoms with E-state index in [4.69, 9.17) is 8.83 Å². The molecule has 1 aliphatic heterocycles. The quantitative estimate of drug-likeness (QED) is 0.727. The molecule has 0 radical (unpaired) electrons. The van der Waals surface area contributed by atoms with Crippen LogP contribution in [0.3, 0.4) is 0 Å². The highest BCUT2D eigenvalue weighted by atomic mass is 16.3. The van der Waals surface area contributed by atoms with Crippen LogP contribution >= 0.6 is 0 Å². The van der Waals surface area contributed by atoms with Crippen LogP contribution in [-0.4, -0.2) is 16.6 Å². The zero-order valence-corrected chi connectivity index (χ0v) is 13.2. The fourth-order valence-corrected chi connectivity index (χ4v) is 2.90.